The van der Waals surface area contributed by atoms with Gasteiger partial charge in [0.15, 0.2) is 17.5 Å². The van der Waals surface area contributed by atoms with Crippen LogP contribution >= 0.6 is 12.4 Å². The molecule has 1 amide bonds. The normalized spacial score (nSPS) is 18.4. The molecule has 528 valence electrons. The lowest BCUT2D eigenvalue weighted by atomic mass is 9.98. The van der Waals surface area contributed by atoms with Gasteiger partial charge in [0.2, 0.25) is 0 Å². The molecule has 4 atom stereocenters. The summed E-state index contributed by atoms with van der Waals surface area (Å²) in [5, 5.41) is 39.2. The second kappa shape index (κ2) is 32.9. The van der Waals surface area contributed by atoms with E-state index < -0.39 is 0 Å². The number of carbonyl (C=O) groups is 1. The predicted octanol–water partition coefficient (Wildman–Crippen LogP) is 10.0. The van der Waals surface area contributed by atoms with E-state index in [1.807, 2.05) is 44.7 Å². The number of halogens is 1. The highest BCUT2D eigenvalue weighted by atomic mass is 35.5. The first-order valence-corrected chi connectivity index (χ1v) is 33.2. The number of hydrogen-bond acceptors (Lipinski definition) is 16. The Kier molecular flexibility index (Phi) is 25.9. The lowest BCUT2D eigenvalue weighted by Gasteiger charge is -2.31. The van der Waals surface area contributed by atoms with Crippen LogP contribution in [0, 0.1) is 27.7 Å². The topological polar surface area (TPSA) is 268 Å². The molecule has 0 fully saturated rings. The molecule has 0 saturated heterocycles. The molecule has 9 aromatic heterocycles. The van der Waals surface area contributed by atoms with Gasteiger partial charge in [-0.25, -0.2) is 10.9 Å². The molecule has 0 saturated carbocycles. The molecule has 26 heteroatoms. The summed E-state index contributed by atoms with van der Waals surface area (Å²) in [7, 11) is 8.18. The van der Waals surface area contributed by atoms with Crippen molar-refractivity contribution in [3.63, 3.8) is 0 Å². The van der Waals surface area contributed by atoms with E-state index in [0.29, 0.717) is 54.2 Å². The van der Waals surface area contributed by atoms with E-state index in [0.717, 1.165) is 111 Å². The van der Waals surface area contributed by atoms with Crippen LogP contribution in [-0.2, 0) is 59.0 Å². The summed E-state index contributed by atoms with van der Waals surface area (Å²) in [5.41, 5.74) is 22.1. The zero-order chi connectivity index (χ0) is 67.4. The third kappa shape index (κ3) is 15.7. The number of nitrogen functional groups attached to an aromatic ring is 1. The fourth-order valence-electron chi connectivity index (χ4n) is 13.9. The standard InChI is InChI=1S/C32H38N8O2.C14H20N4.C13H18N4.C8H14N4.C2H6O.2CH4.ClH.H3NO/c1-5-23-24(10-11-33-30(23)39-14-13-38-26-9-7-6-8-21(26)17-28(38)32(39)42)22-16-25(31(41)37(4)19-22)34-29-18-27-20(2)36(3)12-15-40(27)35-29;1-10-5-6-11(2)18(10)14-9-13-12(3)16(4)7-8-17(13)15-14;1-9-4-5-10(2)17(9)13-8-12-11(3)14-6-7-16(12)15-13;1-6-7-5-8(9)10-12(7)4-3-11(6)2;1-2-3;;;;1-2/h10-11,16-20H,5-9,12-15H2,1-4H3,(H,34,35);5-6,9,12H,7-8H2,1-4H3;4-5,8,11,14H,6-7H2,1-3H3;5-6H,3-4H2,1-2H3,(H2,9,10);3H,2H2,1H3;2*1H4;1H;2H,1H2. The summed E-state index contributed by atoms with van der Waals surface area (Å²) in [4.78, 5) is 40.6. The van der Waals surface area contributed by atoms with Gasteiger partial charge in [-0.1, -0.05) is 21.8 Å². The molecule has 4 unspecified atom stereocenters. The van der Waals surface area contributed by atoms with E-state index >= 15 is 0 Å². The third-order valence-corrected chi connectivity index (χ3v) is 19.5. The number of likely N-dealkylation sites (N-methyl/N-ethyl adjacent to an activating group) is 3. The highest BCUT2D eigenvalue weighted by molar-refractivity contribution is 6.06. The number of aromatic nitrogens is 13. The van der Waals surface area contributed by atoms with Gasteiger partial charge in [0.05, 0.1) is 49.0 Å². The van der Waals surface area contributed by atoms with E-state index in [-0.39, 0.29) is 51.4 Å². The highest BCUT2D eigenvalue weighted by Gasteiger charge is 2.33. The number of aliphatic hydroxyl groups is 1. The lowest BCUT2D eigenvalue weighted by molar-refractivity contribution is 0.0963. The fourth-order valence-corrected chi connectivity index (χ4v) is 13.9. The Bertz CT molecular complexity index is 4120. The number of fused-ring (bicyclic) bond motifs is 7. The average Bonchev–Trinajstić information content (AvgIpc) is 1.75. The van der Waals surface area contributed by atoms with E-state index in [1.54, 1.807) is 24.7 Å². The Morgan fingerprint density at radius 1 is 0.619 bits per heavy atom. The van der Waals surface area contributed by atoms with E-state index in [2.05, 4.69) is 185 Å². The number of aliphatic hydroxyl groups excluding tert-OH is 1. The van der Waals surface area contributed by atoms with Crippen molar-refractivity contribution in [2.24, 2.45) is 12.9 Å². The minimum absolute atomic E-state index is 0. The number of pyridine rings is 2. The van der Waals surface area contributed by atoms with Gasteiger partial charge >= 0.3 is 0 Å². The van der Waals surface area contributed by atoms with Gasteiger partial charge in [0.1, 0.15) is 23.0 Å². The molecule has 0 bridgehead atoms. The molecule has 8 N–H and O–H groups in total. The summed E-state index contributed by atoms with van der Waals surface area (Å²) in [6.07, 6.45) is 8.81. The van der Waals surface area contributed by atoms with Crippen molar-refractivity contribution in [1.82, 2.24) is 82.4 Å². The lowest BCUT2D eigenvalue weighted by Crippen LogP contribution is -2.41. The molecule has 97 heavy (non-hydrogen) atoms. The number of nitrogens with one attached hydrogen (secondary N) is 2. The fraction of sp³-hybridized carbons (Fsp3) is 0.507. The van der Waals surface area contributed by atoms with Crippen molar-refractivity contribution in [2.75, 3.05) is 76.4 Å². The molecule has 0 radical (unpaired) electrons. The van der Waals surface area contributed by atoms with Gasteiger partial charge in [0, 0.05) is 153 Å². The van der Waals surface area contributed by atoms with Crippen molar-refractivity contribution in [2.45, 2.75) is 173 Å². The summed E-state index contributed by atoms with van der Waals surface area (Å²) >= 11 is 0. The Balaban J connectivity index is 0.000000199. The Morgan fingerprint density at radius 2 is 1.12 bits per heavy atom. The Hall–Kier alpha value is -8.14. The van der Waals surface area contributed by atoms with Crippen LogP contribution in [0.15, 0.2) is 83.9 Å². The first-order chi connectivity index (χ1) is 45.2. The molecular weight excluding hydrogens is 1250 g/mol. The average molecular weight is 1360 g/mol. The molecule has 5 aliphatic heterocycles. The van der Waals surface area contributed by atoms with Crippen molar-refractivity contribution in [3.05, 3.63) is 158 Å². The predicted molar refractivity (Wildman–Crippen MR) is 390 cm³/mol. The van der Waals surface area contributed by atoms with Crippen molar-refractivity contribution < 1.29 is 15.1 Å². The van der Waals surface area contributed by atoms with E-state index in [9.17, 15) is 9.59 Å². The number of carbonyl (C=O) groups excluding carboxylic acids is 1. The molecule has 15 rings (SSSR count). The van der Waals surface area contributed by atoms with Crippen LogP contribution in [0.3, 0.4) is 0 Å². The van der Waals surface area contributed by atoms with Gasteiger partial charge in [-0.2, -0.15) is 20.4 Å². The SMILES string of the molecule is C.C.CC1c2cc(N)nn2CCN1C.CCO.CCc1c(-c2cc(Nc3cc4n(n3)CCN(C)C4C)c(=O)n(C)c2)ccnc1N1CCn2c(cc3c2CCCC3)C1=O.Cc1ccc(C)n1-c1cc2n(n1)CCN(C)C2C.Cc1ccc(C)n1-c1cc2n(n1)CCNC2C.Cl.NO. The maximum absolute atomic E-state index is 13.8. The number of nitrogens with zero attached hydrogens (tertiary/aromatic N) is 17. The van der Waals surface area contributed by atoms with E-state index in [1.165, 1.54) is 64.0 Å². The molecule has 25 nitrogen and oxygen atoms in total. The minimum Gasteiger partial charge on any atom is -0.397 e. The molecular formula is C71H108ClN21O4. The number of amides is 1. The summed E-state index contributed by atoms with van der Waals surface area (Å²) in [5.74, 6) is 7.60. The smallest absolute Gasteiger partial charge is 0.276 e. The van der Waals surface area contributed by atoms with Crippen molar-refractivity contribution in [3.8, 4) is 22.8 Å². The highest BCUT2D eigenvalue weighted by Crippen LogP contribution is 2.36. The van der Waals surface area contributed by atoms with Crippen molar-refractivity contribution in [1.29, 1.82) is 0 Å². The molecule has 6 aliphatic rings. The molecule has 0 aromatic carbocycles. The van der Waals surface area contributed by atoms with Gasteiger partial charge in [0.25, 0.3) is 11.5 Å². The van der Waals surface area contributed by atoms with Crippen LogP contribution in [0.5, 0.6) is 0 Å². The second-order valence-electron chi connectivity index (χ2n) is 25.6. The Labute approximate surface area is 579 Å². The van der Waals surface area contributed by atoms with Crippen LogP contribution in [0.1, 0.15) is 166 Å². The third-order valence-electron chi connectivity index (χ3n) is 19.5. The van der Waals surface area contributed by atoms with Gasteiger partial charge in [-0.15, -0.1) is 12.4 Å². The number of aryl methyl sites for hydroxylation is 6. The zero-order valence-corrected chi connectivity index (χ0v) is 58.8. The van der Waals surface area contributed by atoms with E-state index in [4.69, 9.17) is 36.3 Å². The largest absolute Gasteiger partial charge is 0.397 e. The summed E-state index contributed by atoms with van der Waals surface area (Å²) < 4.78 is 16.6. The van der Waals surface area contributed by atoms with Crippen LogP contribution in [0.4, 0.5) is 23.1 Å². The molecule has 14 heterocycles. The minimum atomic E-state index is -0.127. The van der Waals surface area contributed by atoms with Gasteiger partial charge < -0.3 is 44.9 Å². The maximum atomic E-state index is 13.8. The zero-order valence-electron chi connectivity index (χ0n) is 58.0. The molecule has 9 aromatic rings. The summed E-state index contributed by atoms with van der Waals surface area (Å²) in [6, 6.07) is 24.5. The number of anilines is 4. The number of rotatable bonds is 7. The van der Waals surface area contributed by atoms with Gasteiger partial charge in [-0.3, -0.25) is 47.9 Å². The van der Waals surface area contributed by atoms with Crippen LogP contribution in [-0.4, -0.2) is 154 Å². The second-order valence-corrected chi connectivity index (χ2v) is 25.6. The number of hydrogen-bond donors (Lipinski definition) is 6. The first kappa shape index (κ1) is 76.2. The molecule has 1 aliphatic carbocycles. The van der Waals surface area contributed by atoms with Crippen molar-refractivity contribution >= 4 is 41.5 Å². The number of nitrogens with two attached hydrogens (primary N) is 2. The monoisotopic (exact) mass is 1350 g/mol. The Morgan fingerprint density at radius 3 is 1.68 bits per heavy atom. The van der Waals surface area contributed by atoms with Gasteiger partial charge in [-0.05, 0) is 169 Å². The van der Waals surface area contributed by atoms with Crippen LogP contribution in [0.2, 0.25) is 0 Å². The maximum Gasteiger partial charge on any atom is 0.276 e. The first-order valence-electron chi connectivity index (χ1n) is 33.2. The summed E-state index contributed by atoms with van der Waals surface area (Å²) in [6.45, 7) is 30.4. The molecule has 0 spiro atoms. The van der Waals surface area contributed by atoms with Crippen LogP contribution in [0.25, 0.3) is 22.8 Å². The quantitative estimate of drug-likeness (QED) is 0.0810. The van der Waals surface area contributed by atoms with Crippen LogP contribution < -0.4 is 32.7 Å².